The van der Waals surface area contributed by atoms with Gasteiger partial charge < -0.3 is 15.1 Å². The van der Waals surface area contributed by atoms with Crippen LogP contribution in [0, 0.1) is 0 Å². The zero-order valence-electron chi connectivity index (χ0n) is 15.5. The van der Waals surface area contributed by atoms with Gasteiger partial charge in [-0.25, -0.2) is 4.79 Å². The molecule has 2 aromatic rings. The molecule has 152 valence electrons. The van der Waals surface area contributed by atoms with Crippen LogP contribution in [0.25, 0.3) is 0 Å². The second-order valence-electron chi connectivity index (χ2n) is 6.91. The third-order valence-corrected chi connectivity index (χ3v) is 5.04. The van der Waals surface area contributed by atoms with Gasteiger partial charge in [0.15, 0.2) is 0 Å². The van der Waals surface area contributed by atoms with Gasteiger partial charge in [-0.2, -0.15) is 10.2 Å². The van der Waals surface area contributed by atoms with E-state index in [4.69, 9.17) is 5.11 Å². The number of phenols is 1. The molecule has 1 atom stereocenters. The third kappa shape index (κ3) is 3.39. The van der Waals surface area contributed by atoms with Crippen LogP contribution in [-0.4, -0.2) is 44.8 Å². The summed E-state index contributed by atoms with van der Waals surface area (Å²) >= 11 is 0. The molecule has 3 N–H and O–H groups in total. The van der Waals surface area contributed by atoms with Gasteiger partial charge in [0.2, 0.25) is 11.8 Å². The minimum atomic E-state index is -1.30. The molecule has 3 amide bonds. The average Bonchev–Trinajstić information content (AvgIpc) is 3.04. The van der Waals surface area contributed by atoms with Crippen molar-refractivity contribution in [2.75, 3.05) is 0 Å². The van der Waals surface area contributed by atoms with Crippen LogP contribution in [0.3, 0.4) is 0 Å². The number of nitrogens with one attached hydrogen (secondary N) is 1. The Bertz CT molecular complexity index is 1130. The largest absolute Gasteiger partial charge is 0.507 e. The van der Waals surface area contributed by atoms with Gasteiger partial charge in [-0.15, -0.1) is 0 Å². The number of hydrogen-bond acceptors (Lipinski definition) is 7. The average molecular weight is 408 g/mol. The van der Waals surface area contributed by atoms with Crippen LogP contribution in [-0.2, 0) is 16.1 Å². The van der Waals surface area contributed by atoms with E-state index in [1.165, 1.54) is 23.1 Å². The van der Waals surface area contributed by atoms with Crippen molar-refractivity contribution in [1.82, 2.24) is 10.2 Å². The SMILES string of the molecule is O=C1CCC(N2Cc3c(/N=N/c4ccc(O)c(C(=O)O)c4)cccc3C2=O)C(=O)N1. The van der Waals surface area contributed by atoms with Crippen LogP contribution < -0.4 is 5.32 Å². The summed E-state index contributed by atoms with van der Waals surface area (Å²) in [4.78, 5) is 48.9. The molecule has 2 aliphatic rings. The minimum Gasteiger partial charge on any atom is -0.507 e. The molecule has 30 heavy (non-hydrogen) atoms. The molecule has 0 aliphatic carbocycles. The maximum absolute atomic E-state index is 12.8. The molecule has 0 bridgehead atoms. The molecule has 10 heteroatoms. The number of hydrogen-bond donors (Lipinski definition) is 3. The van der Waals surface area contributed by atoms with Crippen LogP contribution >= 0.6 is 0 Å². The fraction of sp³-hybridized carbons (Fsp3) is 0.200. The predicted molar refractivity (Wildman–Crippen MR) is 102 cm³/mol. The van der Waals surface area contributed by atoms with E-state index in [1.54, 1.807) is 18.2 Å². The predicted octanol–water partition coefficient (Wildman–Crippen LogP) is 2.27. The van der Waals surface area contributed by atoms with E-state index < -0.39 is 17.9 Å². The van der Waals surface area contributed by atoms with Crippen LogP contribution in [0.2, 0.25) is 0 Å². The van der Waals surface area contributed by atoms with Crippen molar-refractivity contribution < 1.29 is 29.4 Å². The number of azo groups is 1. The first kappa shape index (κ1) is 19.2. The van der Waals surface area contributed by atoms with Gasteiger partial charge in [0.1, 0.15) is 17.4 Å². The minimum absolute atomic E-state index is 0.144. The molecule has 2 aromatic carbocycles. The number of imide groups is 1. The highest BCUT2D eigenvalue weighted by atomic mass is 16.4. The van der Waals surface area contributed by atoms with E-state index >= 15 is 0 Å². The van der Waals surface area contributed by atoms with Crippen molar-refractivity contribution in [3.05, 3.63) is 53.1 Å². The number of piperidine rings is 1. The Kier molecular flexibility index (Phi) is 4.74. The van der Waals surface area contributed by atoms with E-state index in [2.05, 4.69) is 15.5 Å². The van der Waals surface area contributed by atoms with E-state index in [0.717, 1.165) is 0 Å². The molecule has 4 rings (SSSR count). The monoisotopic (exact) mass is 408 g/mol. The number of aromatic carboxylic acids is 1. The van der Waals surface area contributed by atoms with Crippen molar-refractivity contribution in [2.45, 2.75) is 25.4 Å². The zero-order chi connectivity index (χ0) is 21.4. The number of rotatable bonds is 4. The van der Waals surface area contributed by atoms with Gasteiger partial charge >= 0.3 is 5.97 Å². The van der Waals surface area contributed by atoms with E-state index in [0.29, 0.717) is 16.8 Å². The molecule has 0 spiro atoms. The highest BCUT2D eigenvalue weighted by Gasteiger charge is 2.39. The fourth-order valence-electron chi connectivity index (χ4n) is 3.53. The van der Waals surface area contributed by atoms with Crippen LogP contribution in [0.5, 0.6) is 5.75 Å². The molecular weight excluding hydrogens is 392 g/mol. The first-order valence-electron chi connectivity index (χ1n) is 9.10. The quantitative estimate of drug-likeness (QED) is 0.522. The maximum Gasteiger partial charge on any atom is 0.339 e. The molecule has 1 unspecified atom stereocenters. The first-order valence-corrected chi connectivity index (χ1v) is 9.10. The second kappa shape index (κ2) is 7.39. The van der Waals surface area contributed by atoms with Gasteiger partial charge in [-0.1, -0.05) is 6.07 Å². The third-order valence-electron chi connectivity index (χ3n) is 5.04. The maximum atomic E-state index is 12.8. The van der Waals surface area contributed by atoms with Gasteiger partial charge in [-0.3, -0.25) is 19.7 Å². The molecule has 10 nitrogen and oxygen atoms in total. The Morgan fingerprint density at radius 1 is 1.13 bits per heavy atom. The zero-order valence-corrected chi connectivity index (χ0v) is 15.5. The highest BCUT2D eigenvalue weighted by Crippen LogP contribution is 2.34. The van der Waals surface area contributed by atoms with Crippen LogP contribution in [0.1, 0.15) is 39.1 Å². The van der Waals surface area contributed by atoms with Crippen LogP contribution in [0.15, 0.2) is 46.6 Å². The van der Waals surface area contributed by atoms with Crippen molar-refractivity contribution in [3.63, 3.8) is 0 Å². The Hall–Kier alpha value is -4.08. The number of carbonyl (C=O) groups excluding carboxylic acids is 3. The molecule has 2 heterocycles. The summed E-state index contributed by atoms with van der Waals surface area (Å²) in [5, 5.41) is 29.1. The van der Waals surface area contributed by atoms with Gasteiger partial charge in [0.25, 0.3) is 5.91 Å². The number of nitrogens with zero attached hydrogens (tertiary/aromatic N) is 3. The lowest BCUT2D eigenvalue weighted by Crippen LogP contribution is -2.52. The number of benzene rings is 2. The molecule has 0 radical (unpaired) electrons. The lowest BCUT2D eigenvalue weighted by Gasteiger charge is -2.29. The number of carboxylic acid groups (broad SMARTS) is 1. The van der Waals surface area contributed by atoms with Gasteiger partial charge in [0.05, 0.1) is 11.4 Å². The van der Waals surface area contributed by atoms with Gasteiger partial charge in [0, 0.05) is 24.1 Å². The summed E-state index contributed by atoms with van der Waals surface area (Å²) in [5.74, 6) is -2.86. The molecule has 0 saturated carbocycles. The number of fused-ring (bicyclic) bond motifs is 1. The van der Waals surface area contributed by atoms with E-state index in [9.17, 15) is 24.3 Å². The molecule has 0 aromatic heterocycles. The van der Waals surface area contributed by atoms with E-state index in [-0.39, 0.29) is 48.2 Å². The van der Waals surface area contributed by atoms with Crippen molar-refractivity contribution in [2.24, 2.45) is 10.2 Å². The summed E-state index contributed by atoms with van der Waals surface area (Å²) in [6.45, 7) is 0.144. The Morgan fingerprint density at radius 3 is 2.67 bits per heavy atom. The molecular formula is C20H16N4O6. The highest BCUT2D eigenvalue weighted by molar-refractivity contribution is 6.06. The van der Waals surface area contributed by atoms with Gasteiger partial charge in [-0.05, 0) is 36.8 Å². The Labute approximate surface area is 169 Å². The standard InChI is InChI=1S/C20H16N4O6/c25-16-6-4-10(8-12(16)20(29)30)22-23-14-3-1-2-11-13(14)9-24(19(11)28)15-5-7-17(26)21-18(15)27/h1-4,6,8,15,25H,5,7,9H2,(H,29,30)(H,21,26,27)/b23-22+. The van der Waals surface area contributed by atoms with Crippen molar-refractivity contribution in [1.29, 1.82) is 0 Å². The number of carbonyl (C=O) groups is 4. The first-order chi connectivity index (χ1) is 14.3. The lowest BCUT2D eigenvalue weighted by molar-refractivity contribution is -0.136. The number of carboxylic acids is 1. The summed E-state index contributed by atoms with van der Waals surface area (Å²) in [5.41, 5.74) is 1.31. The molecule has 1 fully saturated rings. The fourth-order valence-corrected chi connectivity index (χ4v) is 3.53. The Morgan fingerprint density at radius 2 is 1.93 bits per heavy atom. The number of aromatic hydroxyl groups is 1. The summed E-state index contributed by atoms with van der Waals surface area (Å²) in [6, 6.07) is 8.00. The second-order valence-corrected chi connectivity index (χ2v) is 6.91. The molecule has 2 aliphatic heterocycles. The van der Waals surface area contributed by atoms with Crippen molar-refractivity contribution >= 4 is 35.1 Å². The lowest BCUT2D eigenvalue weighted by atomic mass is 10.0. The summed E-state index contributed by atoms with van der Waals surface area (Å²) in [6.07, 6.45) is 0.419. The van der Waals surface area contributed by atoms with E-state index in [1.807, 2.05) is 0 Å². The number of amides is 3. The van der Waals surface area contributed by atoms with Crippen molar-refractivity contribution in [3.8, 4) is 5.75 Å². The molecule has 1 saturated heterocycles. The summed E-state index contributed by atoms with van der Waals surface area (Å²) in [7, 11) is 0. The Balaban J connectivity index is 1.61. The topological polar surface area (TPSA) is 149 Å². The summed E-state index contributed by atoms with van der Waals surface area (Å²) < 4.78 is 0. The smallest absolute Gasteiger partial charge is 0.339 e. The normalized spacial score (nSPS) is 18.6. The van der Waals surface area contributed by atoms with Crippen LogP contribution in [0.4, 0.5) is 11.4 Å².